The zero-order valence-electron chi connectivity index (χ0n) is 30.2. The second-order valence-electron chi connectivity index (χ2n) is 13.8. The monoisotopic (exact) mass is 698 g/mol. The summed E-state index contributed by atoms with van der Waals surface area (Å²) in [6.07, 6.45) is 6.77. The molecular weight excluding hydrogens is 652 g/mol. The molecule has 0 unspecified atom stereocenters. The summed E-state index contributed by atoms with van der Waals surface area (Å²) in [6, 6.07) is 29.0. The standard InChI is InChI=1S/C42H46N6O4/c1-45(2)35-23-15-31(16-24-35)41(51)47-27-5-7-37(47)39(49)43-33-19-11-29(12-20-33)9-10-30-13-21-34(22-14-30)44-40(50)38-8-6-28-48(38)42(52)32-17-25-36(26-18-32)46(3)4/h9-26,37-38H,5-8,27-28H2,1-4H3,(H,43,49)(H,44,50)/b10-9+/t37-,38-/m0/s1. The zero-order chi connectivity index (χ0) is 36.8. The third-order valence-electron chi connectivity index (χ3n) is 9.72. The number of anilines is 4. The van der Waals surface area contributed by atoms with Gasteiger partial charge in [0.15, 0.2) is 0 Å². The van der Waals surface area contributed by atoms with Gasteiger partial charge in [-0.3, -0.25) is 19.2 Å². The van der Waals surface area contributed by atoms with Crippen LogP contribution in [0.5, 0.6) is 0 Å². The van der Waals surface area contributed by atoms with Gasteiger partial charge in [-0.2, -0.15) is 0 Å². The molecule has 10 nitrogen and oxygen atoms in total. The SMILES string of the molecule is CN(C)c1ccc(C(=O)N2CCC[C@H]2C(=O)Nc2ccc(/C=C/c3ccc(NC(=O)[C@@H]4CCCN4C(=O)c4ccc(N(C)C)cc4)cc3)cc2)cc1. The maximum atomic E-state index is 13.2. The quantitative estimate of drug-likeness (QED) is 0.184. The number of carbonyl (C=O) groups excluding carboxylic acids is 4. The molecule has 2 atom stereocenters. The van der Waals surface area contributed by atoms with Gasteiger partial charge in [0.2, 0.25) is 11.8 Å². The van der Waals surface area contributed by atoms with Gasteiger partial charge in [-0.15, -0.1) is 0 Å². The number of carbonyl (C=O) groups is 4. The number of likely N-dealkylation sites (tertiary alicyclic amines) is 2. The fourth-order valence-electron chi connectivity index (χ4n) is 6.70. The molecule has 0 bridgehead atoms. The highest BCUT2D eigenvalue weighted by Gasteiger charge is 2.35. The molecule has 0 aromatic heterocycles. The number of hydrogen-bond donors (Lipinski definition) is 2. The minimum absolute atomic E-state index is 0.131. The summed E-state index contributed by atoms with van der Waals surface area (Å²) < 4.78 is 0. The van der Waals surface area contributed by atoms with Crippen LogP contribution in [0.15, 0.2) is 97.1 Å². The molecule has 10 heteroatoms. The number of benzene rings is 4. The van der Waals surface area contributed by atoms with Crippen molar-refractivity contribution in [1.29, 1.82) is 0 Å². The van der Waals surface area contributed by atoms with Crippen molar-refractivity contribution in [3.8, 4) is 0 Å². The molecule has 2 N–H and O–H groups in total. The number of nitrogens with zero attached hydrogens (tertiary/aromatic N) is 4. The maximum absolute atomic E-state index is 13.2. The van der Waals surface area contributed by atoms with Gasteiger partial charge in [-0.05, 0) is 110 Å². The Bertz CT molecular complexity index is 1780. The molecule has 4 aromatic rings. The molecular formula is C42H46N6O4. The largest absolute Gasteiger partial charge is 0.378 e. The first-order valence-corrected chi connectivity index (χ1v) is 17.7. The van der Waals surface area contributed by atoms with Crippen molar-refractivity contribution < 1.29 is 19.2 Å². The summed E-state index contributed by atoms with van der Waals surface area (Å²) in [4.78, 5) is 60.2. The van der Waals surface area contributed by atoms with Crippen molar-refractivity contribution in [2.75, 3.05) is 61.7 Å². The van der Waals surface area contributed by atoms with E-state index in [0.29, 0.717) is 48.4 Å². The number of nitrogens with one attached hydrogen (secondary N) is 2. The smallest absolute Gasteiger partial charge is 0.254 e. The van der Waals surface area contributed by atoms with Gasteiger partial charge < -0.3 is 30.2 Å². The zero-order valence-corrected chi connectivity index (χ0v) is 30.2. The molecule has 4 aromatic carbocycles. The Hall–Kier alpha value is -5.90. The van der Waals surface area contributed by atoms with Gasteiger partial charge in [0.25, 0.3) is 11.8 Å². The summed E-state index contributed by atoms with van der Waals surface area (Å²) >= 11 is 0. The Morgan fingerprint density at radius 1 is 0.538 bits per heavy atom. The third-order valence-corrected chi connectivity index (χ3v) is 9.72. The highest BCUT2D eigenvalue weighted by atomic mass is 16.2. The van der Waals surface area contributed by atoms with E-state index in [-0.39, 0.29) is 23.6 Å². The van der Waals surface area contributed by atoms with Crippen LogP contribution in [0.2, 0.25) is 0 Å². The third kappa shape index (κ3) is 8.34. The number of amides is 4. The summed E-state index contributed by atoms with van der Waals surface area (Å²) in [5.74, 6) is -0.635. The Balaban J connectivity index is 1.00. The minimum atomic E-state index is -0.515. The van der Waals surface area contributed by atoms with Crippen molar-refractivity contribution in [2.45, 2.75) is 37.8 Å². The molecule has 0 radical (unpaired) electrons. The van der Waals surface area contributed by atoms with Crippen molar-refractivity contribution >= 4 is 58.5 Å². The fraction of sp³-hybridized carbons (Fsp3) is 0.286. The Morgan fingerprint density at radius 2 is 0.885 bits per heavy atom. The van der Waals surface area contributed by atoms with E-state index in [1.807, 2.05) is 147 Å². The van der Waals surface area contributed by atoms with E-state index in [1.54, 1.807) is 9.80 Å². The van der Waals surface area contributed by atoms with Crippen LogP contribution < -0.4 is 20.4 Å². The number of rotatable bonds is 10. The average molecular weight is 699 g/mol. The van der Waals surface area contributed by atoms with Crippen molar-refractivity contribution in [3.63, 3.8) is 0 Å². The minimum Gasteiger partial charge on any atom is -0.378 e. The van der Waals surface area contributed by atoms with Gasteiger partial charge >= 0.3 is 0 Å². The van der Waals surface area contributed by atoms with Crippen LogP contribution in [0.3, 0.4) is 0 Å². The molecule has 0 aliphatic carbocycles. The second kappa shape index (κ2) is 16.0. The lowest BCUT2D eigenvalue weighted by Crippen LogP contribution is -2.43. The molecule has 2 saturated heterocycles. The molecule has 2 fully saturated rings. The first-order valence-electron chi connectivity index (χ1n) is 17.7. The van der Waals surface area contributed by atoms with Gasteiger partial charge in [-0.25, -0.2) is 0 Å². The average Bonchev–Trinajstić information content (AvgIpc) is 3.86. The van der Waals surface area contributed by atoms with Gasteiger partial charge in [-0.1, -0.05) is 36.4 Å². The van der Waals surface area contributed by atoms with Gasteiger partial charge in [0.05, 0.1) is 0 Å². The highest BCUT2D eigenvalue weighted by molar-refractivity contribution is 6.03. The lowest BCUT2D eigenvalue weighted by molar-refractivity contribution is -0.120. The number of hydrogen-bond acceptors (Lipinski definition) is 6. The normalized spacial score (nSPS) is 16.9. The van der Waals surface area contributed by atoms with Crippen LogP contribution in [-0.2, 0) is 9.59 Å². The molecule has 268 valence electrons. The van der Waals surface area contributed by atoms with E-state index in [4.69, 9.17) is 0 Å². The molecule has 0 spiro atoms. The summed E-state index contributed by atoms with van der Waals surface area (Å²) in [5, 5.41) is 5.98. The highest BCUT2D eigenvalue weighted by Crippen LogP contribution is 2.25. The van der Waals surface area contributed by atoms with Crippen LogP contribution in [0.25, 0.3) is 12.2 Å². The Kier molecular flexibility index (Phi) is 11.0. The predicted octanol–water partition coefficient (Wildman–Crippen LogP) is 6.48. The van der Waals surface area contributed by atoms with E-state index >= 15 is 0 Å². The fourth-order valence-corrected chi connectivity index (χ4v) is 6.70. The van der Waals surface area contributed by atoms with E-state index in [1.165, 1.54) is 0 Å². The van der Waals surface area contributed by atoms with Crippen molar-refractivity contribution in [2.24, 2.45) is 0 Å². The second-order valence-corrected chi connectivity index (χ2v) is 13.8. The van der Waals surface area contributed by atoms with E-state index in [9.17, 15) is 19.2 Å². The van der Waals surface area contributed by atoms with Crippen molar-refractivity contribution in [3.05, 3.63) is 119 Å². The van der Waals surface area contributed by atoms with Gasteiger partial charge in [0.1, 0.15) is 12.1 Å². The molecule has 2 heterocycles. The molecule has 52 heavy (non-hydrogen) atoms. The van der Waals surface area contributed by atoms with E-state index in [0.717, 1.165) is 35.3 Å². The summed E-state index contributed by atoms with van der Waals surface area (Å²) in [5.41, 5.74) is 6.42. The van der Waals surface area contributed by atoms with Gasteiger partial charge in [0, 0.05) is 75.2 Å². The first-order chi connectivity index (χ1) is 25.1. The van der Waals surface area contributed by atoms with Crippen LogP contribution in [0.4, 0.5) is 22.7 Å². The maximum Gasteiger partial charge on any atom is 0.254 e. The Morgan fingerprint density at radius 3 is 1.21 bits per heavy atom. The summed E-state index contributed by atoms with van der Waals surface area (Å²) in [7, 11) is 7.81. The lowest BCUT2D eigenvalue weighted by atomic mass is 10.1. The van der Waals surface area contributed by atoms with Crippen molar-refractivity contribution in [1.82, 2.24) is 9.80 Å². The van der Waals surface area contributed by atoms with Crippen LogP contribution in [-0.4, -0.2) is 86.8 Å². The molecule has 6 rings (SSSR count). The molecule has 4 amide bonds. The van der Waals surface area contributed by atoms with Crippen LogP contribution in [0.1, 0.15) is 57.5 Å². The van der Waals surface area contributed by atoms with Crippen LogP contribution >= 0.6 is 0 Å². The Labute approximate surface area is 305 Å². The molecule has 2 aliphatic rings. The first kappa shape index (κ1) is 35.9. The van der Waals surface area contributed by atoms with Crippen LogP contribution in [0, 0.1) is 0 Å². The molecule has 0 saturated carbocycles. The van der Waals surface area contributed by atoms with E-state index < -0.39 is 12.1 Å². The molecule has 2 aliphatic heterocycles. The topological polar surface area (TPSA) is 105 Å². The lowest BCUT2D eigenvalue weighted by Gasteiger charge is -2.24. The van der Waals surface area contributed by atoms with E-state index in [2.05, 4.69) is 10.6 Å². The predicted molar refractivity (Wildman–Crippen MR) is 209 cm³/mol. The summed E-state index contributed by atoms with van der Waals surface area (Å²) in [6.45, 7) is 1.10.